The number of halogens is 1. The molecule has 1 saturated heterocycles. The molecule has 5 nitrogen and oxygen atoms in total. The second kappa shape index (κ2) is 8.23. The Labute approximate surface area is 161 Å². The van der Waals surface area contributed by atoms with Gasteiger partial charge in [-0.05, 0) is 42.7 Å². The lowest BCUT2D eigenvalue weighted by Gasteiger charge is -2.28. The van der Waals surface area contributed by atoms with Crippen LogP contribution in [0.3, 0.4) is 0 Å². The van der Waals surface area contributed by atoms with Gasteiger partial charge < -0.3 is 10.6 Å². The highest BCUT2D eigenvalue weighted by molar-refractivity contribution is 8.00. The number of thioether (sulfide) groups is 1. The van der Waals surface area contributed by atoms with Crippen molar-refractivity contribution in [1.29, 1.82) is 5.26 Å². The van der Waals surface area contributed by atoms with E-state index >= 15 is 0 Å². The fraction of sp³-hybridized carbons (Fsp3) is 0.250. The lowest BCUT2D eigenvalue weighted by molar-refractivity contribution is -0.126. The molecule has 0 aliphatic carbocycles. The zero-order valence-electron chi connectivity index (χ0n) is 14.7. The van der Waals surface area contributed by atoms with Crippen LogP contribution in [0.1, 0.15) is 16.7 Å². The van der Waals surface area contributed by atoms with Gasteiger partial charge in [-0.25, -0.2) is 4.39 Å². The van der Waals surface area contributed by atoms with Crippen LogP contribution in [0.25, 0.3) is 0 Å². The van der Waals surface area contributed by atoms with Crippen LogP contribution >= 0.6 is 11.8 Å². The lowest BCUT2D eigenvalue weighted by atomic mass is 10.1. The van der Waals surface area contributed by atoms with Crippen LogP contribution in [0.15, 0.2) is 42.5 Å². The quantitative estimate of drug-likeness (QED) is 0.851. The number of nitrogens with one attached hydrogen (secondary N) is 2. The third-order valence-electron chi connectivity index (χ3n) is 4.38. The summed E-state index contributed by atoms with van der Waals surface area (Å²) in [4.78, 5) is 24.9. The third-order valence-corrected chi connectivity index (χ3v) is 5.69. The molecular formula is C20H18FN3O2S. The number of amides is 2. The summed E-state index contributed by atoms with van der Waals surface area (Å²) in [6.07, 6.45) is 0.279. The molecule has 0 unspecified atom stereocenters. The van der Waals surface area contributed by atoms with E-state index in [0.29, 0.717) is 22.6 Å². The van der Waals surface area contributed by atoms with Crippen molar-refractivity contribution in [2.24, 2.45) is 0 Å². The first kappa shape index (κ1) is 18.9. The largest absolute Gasteiger partial charge is 0.343 e. The van der Waals surface area contributed by atoms with Crippen LogP contribution in [-0.2, 0) is 16.0 Å². The average Bonchev–Trinajstić information content (AvgIpc) is 2.66. The summed E-state index contributed by atoms with van der Waals surface area (Å²) in [5.74, 6) is -0.553. The van der Waals surface area contributed by atoms with E-state index in [1.807, 2.05) is 13.0 Å². The van der Waals surface area contributed by atoms with Gasteiger partial charge in [0.05, 0.1) is 16.9 Å². The van der Waals surface area contributed by atoms with Gasteiger partial charge >= 0.3 is 0 Å². The van der Waals surface area contributed by atoms with Crippen molar-refractivity contribution in [2.45, 2.75) is 24.6 Å². The van der Waals surface area contributed by atoms with Gasteiger partial charge in [0.2, 0.25) is 11.8 Å². The Hall–Kier alpha value is -2.85. The molecule has 0 bridgehead atoms. The van der Waals surface area contributed by atoms with Crippen LogP contribution in [0.5, 0.6) is 0 Å². The van der Waals surface area contributed by atoms with Crippen molar-refractivity contribution in [1.82, 2.24) is 5.32 Å². The van der Waals surface area contributed by atoms with Gasteiger partial charge in [-0.3, -0.25) is 9.59 Å². The van der Waals surface area contributed by atoms with E-state index < -0.39 is 11.3 Å². The molecule has 0 spiro atoms. The third kappa shape index (κ3) is 4.47. The minimum Gasteiger partial charge on any atom is -0.343 e. The van der Waals surface area contributed by atoms with Crippen molar-refractivity contribution in [2.75, 3.05) is 11.1 Å². The van der Waals surface area contributed by atoms with Crippen molar-refractivity contribution in [3.05, 3.63) is 65.0 Å². The predicted molar refractivity (Wildman–Crippen MR) is 103 cm³/mol. The van der Waals surface area contributed by atoms with E-state index in [-0.39, 0.29) is 24.1 Å². The Morgan fingerprint density at radius 3 is 2.85 bits per heavy atom. The van der Waals surface area contributed by atoms with Gasteiger partial charge in [0, 0.05) is 11.4 Å². The van der Waals surface area contributed by atoms with Gasteiger partial charge in [0.1, 0.15) is 11.9 Å². The minimum atomic E-state index is -0.676. The number of carbonyl (C=O) groups is 2. The van der Waals surface area contributed by atoms with E-state index in [1.165, 1.54) is 17.8 Å². The molecule has 0 saturated carbocycles. The Morgan fingerprint density at radius 2 is 2.15 bits per heavy atom. The van der Waals surface area contributed by atoms with Crippen LogP contribution in [0.2, 0.25) is 0 Å². The molecule has 2 atom stereocenters. The fourth-order valence-corrected chi connectivity index (χ4v) is 3.97. The topological polar surface area (TPSA) is 82.0 Å². The first-order chi connectivity index (χ1) is 13.0. The number of hydrogen-bond acceptors (Lipinski definition) is 4. The van der Waals surface area contributed by atoms with Gasteiger partial charge in [-0.2, -0.15) is 5.26 Å². The molecule has 7 heteroatoms. The Morgan fingerprint density at radius 1 is 1.37 bits per heavy atom. The number of nitrogens with zero attached hydrogens (tertiary/aromatic N) is 1. The number of hydrogen-bond donors (Lipinski definition) is 2. The van der Waals surface area contributed by atoms with Crippen molar-refractivity contribution < 1.29 is 14.0 Å². The van der Waals surface area contributed by atoms with E-state index in [4.69, 9.17) is 5.26 Å². The lowest BCUT2D eigenvalue weighted by Crippen LogP contribution is -2.52. The summed E-state index contributed by atoms with van der Waals surface area (Å²) in [7, 11) is 0. The monoisotopic (exact) mass is 383 g/mol. The Bertz CT molecular complexity index is 926. The molecule has 1 aliphatic rings. The van der Waals surface area contributed by atoms with Crippen LogP contribution in [-0.4, -0.2) is 28.9 Å². The zero-order chi connectivity index (χ0) is 19.4. The predicted octanol–water partition coefficient (Wildman–Crippen LogP) is 2.79. The van der Waals surface area contributed by atoms with Gasteiger partial charge in [0.25, 0.3) is 0 Å². The highest BCUT2D eigenvalue weighted by Gasteiger charge is 2.33. The first-order valence-corrected chi connectivity index (χ1v) is 9.50. The molecular weight excluding hydrogens is 365 g/mol. The number of benzene rings is 2. The van der Waals surface area contributed by atoms with Crippen molar-refractivity contribution in [3.8, 4) is 6.07 Å². The summed E-state index contributed by atoms with van der Waals surface area (Å²) >= 11 is 1.34. The number of aryl methyl sites for hydroxylation is 1. The molecule has 2 aromatic rings. The maximum Gasteiger partial charge on any atom is 0.247 e. The standard InChI is InChI=1S/C20H18FN3O2S/c1-12-6-7-13(10-22)8-16(12)23-19(25)17-11-27-18(20(26)24-17)9-14-4-2-3-5-15(14)21/h2-8,17-18H,9,11H2,1H3,(H,23,25)(H,24,26)/t17-,18-/m1/s1. The fourth-order valence-electron chi connectivity index (χ4n) is 2.80. The second-order valence-corrected chi connectivity index (χ2v) is 7.55. The van der Waals surface area contributed by atoms with Gasteiger partial charge in [-0.15, -0.1) is 11.8 Å². The summed E-state index contributed by atoms with van der Waals surface area (Å²) in [6, 6.07) is 12.8. The molecule has 1 heterocycles. The van der Waals surface area contributed by atoms with E-state index in [1.54, 1.807) is 36.4 Å². The molecule has 27 heavy (non-hydrogen) atoms. The van der Waals surface area contributed by atoms with Crippen molar-refractivity contribution in [3.63, 3.8) is 0 Å². The molecule has 2 N–H and O–H groups in total. The van der Waals surface area contributed by atoms with Crippen LogP contribution in [0.4, 0.5) is 10.1 Å². The molecule has 2 aromatic carbocycles. The van der Waals surface area contributed by atoms with E-state index in [0.717, 1.165) is 5.56 Å². The van der Waals surface area contributed by atoms with Crippen LogP contribution in [0, 0.1) is 24.1 Å². The summed E-state index contributed by atoms with van der Waals surface area (Å²) in [5, 5.41) is 14.0. The highest BCUT2D eigenvalue weighted by Crippen LogP contribution is 2.24. The number of rotatable bonds is 4. The SMILES string of the molecule is Cc1ccc(C#N)cc1NC(=O)[C@H]1CS[C@H](Cc2ccccc2F)C(=O)N1. The first-order valence-electron chi connectivity index (χ1n) is 8.45. The Balaban J connectivity index is 1.62. The molecule has 1 aliphatic heterocycles. The molecule has 2 amide bonds. The number of carbonyl (C=O) groups excluding carboxylic acids is 2. The molecule has 0 aromatic heterocycles. The number of anilines is 1. The van der Waals surface area contributed by atoms with Gasteiger partial charge in [-0.1, -0.05) is 24.3 Å². The summed E-state index contributed by atoms with van der Waals surface area (Å²) in [5.41, 5.74) is 2.31. The maximum absolute atomic E-state index is 13.8. The summed E-state index contributed by atoms with van der Waals surface area (Å²) < 4.78 is 13.8. The highest BCUT2D eigenvalue weighted by atomic mass is 32.2. The van der Waals surface area contributed by atoms with Crippen LogP contribution < -0.4 is 10.6 Å². The number of nitriles is 1. The van der Waals surface area contributed by atoms with Crippen molar-refractivity contribution >= 4 is 29.3 Å². The maximum atomic E-state index is 13.8. The smallest absolute Gasteiger partial charge is 0.247 e. The minimum absolute atomic E-state index is 0.279. The zero-order valence-corrected chi connectivity index (χ0v) is 15.5. The second-order valence-electron chi connectivity index (χ2n) is 6.31. The van der Waals surface area contributed by atoms with E-state index in [2.05, 4.69) is 10.6 Å². The normalized spacial score (nSPS) is 19.1. The molecule has 0 radical (unpaired) electrons. The van der Waals surface area contributed by atoms with E-state index in [9.17, 15) is 14.0 Å². The molecule has 138 valence electrons. The Kier molecular flexibility index (Phi) is 5.77. The average molecular weight is 383 g/mol. The molecule has 1 fully saturated rings. The molecule has 3 rings (SSSR count). The van der Waals surface area contributed by atoms with Gasteiger partial charge in [0.15, 0.2) is 0 Å². The summed E-state index contributed by atoms with van der Waals surface area (Å²) in [6.45, 7) is 1.83.